The second-order valence-electron chi connectivity index (χ2n) is 7.31. The third-order valence-corrected chi connectivity index (χ3v) is 6.18. The molecule has 0 spiro atoms. The molecule has 2 fully saturated rings. The molecule has 2 heterocycles. The van der Waals surface area contributed by atoms with E-state index in [1.165, 1.54) is 51.4 Å². The van der Waals surface area contributed by atoms with Crippen molar-refractivity contribution in [1.82, 2.24) is 10.2 Å². The van der Waals surface area contributed by atoms with Crippen LogP contribution in [-0.2, 0) is 12.8 Å². The van der Waals surface area contributed by atoms with E-state index >= 15 is 0 Å². The number of nitrogens with one attached hydrogen (secondary N) is 1. The molecule has 3 aliphatic rings. The Morgan fingerprint density at radius 1 is 0.952 bits per heavy atom. The number of hydrogen-bond acceptors (Lipinski definition) is 2. The Labute approximate surface area is 128 Å². The highest BCUT2D eigenvalue weighted by Crippen LogP contribution is 2.38. The van der Waals surface area contributed by atoms with Crippen LogP contribution in [0.5, 0.6) is 0 Å². The Hall–Kier alpha value is -0.860. The van der Waals surface area contributed by atoms with Gasteiger partial charge in [-0.2, -0.15) is 0 Å². The lowest BCUT2D eigenvalue weighted by molar-refractivity contribution is -0.0140. The molecule has 1 aromatic carbocycles. The van der Waals surface area contributed by atoms with E-state index in [1.807, 2.05) is 0 Å². The monoisotopic (exact) mass is 284 g/mol. The topological polar surface area (TPSA) is 15.3 Å². The molecule has 0 radical (unpaired) electrons. The first-order chi connectivity index (χ1) is 10.3. The number of fused-ring (bicyclic) bond motifs is 3. The third kappa shape index (κ3) is 2.53. The molecule has 4 rings (SSSR count). The molecule has 2 saturated heterocycles. The first-order valence-electron chi connectivity index (χ1n) is 8.86. The maximum Gasteiger partial charge on any atom is 0.0145 e. The molecule has 1 aromatic rings. The average Bonchev–Trinajstić information content (AvgIpc) is 2.53. The van der Waals surface area contributed by atoms with Crippen molar-refractivity contribution < 1.29 is 0 Å². The Morgan fingerprint density at radius 2 is 1.67 bits per heavy atom. The van der Waals surface area contributed by atoms with Crippen molar-refractivity contribution >= 4 is 0 Å². The molecule has 0 saturated carbocycles. The van der Waals surface area contributed by atoms with Crippen LogP contribution in [0.25, 0.3) is 0 Å². The number of nitrogens with zero attached hydrogens (tertiary/aromatic N) is 1. The summed E-state index contributed by atoms with van der Waals surface area (Å²) in [5, 5.41) is 3.54. The first-order valence-corrected chi connectivity index (χ1v) is 8.86. The standard InChI is InChI=1S/C19H28N2/c1-20-16-12-17-7-4-8-18(13-16)21(17)19-10-9-14-5-2-3-6-15(14)11-19/h2-3,5-6,16-20H,4,7-13H2,1H3. The molecule has 2 heteroatoms. The zero-order chi connectivity index (χ0) is 14.2. The summed E-state index contributed by atoms with van der Waals surface area (Å²) >= 11 is 0. The van der Waals surface area contributed by atoms with Crippen LogP contribution in [0.2, 0.25) is 0 Å². The minimum Gasteiger partial charge on any atom is -0.317 e. The molecule has 1 aliphatic carbocycles. The molecule has 0 amide bonds. The number of hydrogen-bond donors (Lipinski definition) is 1. The van der Waals surface area contributed by atoms with Crippen molar-refractivity contribution in [1.29, 1.82) is 0 Å². The highest BCUT2D eigenvalue weighted by molar-refractivity contribution is 5.30. The fourth-order valence-electron chi connectivity index (χ4n) is 5.18. The van der Waals surface area contributed by atoms with Crippen LogP contribution in [0.15, 0.2) is 24.3 Å². The average molecular weight is 284 g/mol. The zero-order valence-corrected chi connectivity index (χ0v) is 13.2. The van der Waals surface area contributed by atoms with Crippen molar-refractivity contribution in [2.24, 2.45) is 0 Å². The Balaban J connectivity index is 1.54. The van der Waals surface area contributed by atoms with Crippen molar-refractivity contribution in [2.45, 2.75) is 75.5 Å². The lowest BCUT2D eigenvalue weighted by atomic mass is 9.77. The maximum atomic E-state index is 3.54. The fraction of sp³-hybridized carbons (Fsp3) is 0.684. The number of piperidine rings is 2. The minimum atomic E-state index is 0.757. The Morgan fingerprint density at radius 3 is 2.38 bits per heavy atom. The zero-order valence-electron chi connectivity index (χ0n) is 13.2. The smallest absolute Gasteiger partial charge is 0.0145 e. The molecule has 2 bridgehead atoms. The van der Waals surface area contributed by atoms with Crippen molar-refractivity contribution in [3.05, 3.63) is 35.4 Å². The van der Waals surface area contributed by atoms with Gasteiger partial charge in [-0.1, -0.05) is 30.7 Å². The van der Waals surface area contributed by atoms with Gasteiger partial charge in [0.15, 0.2) is 0 Å². The summed E-state index contributed by atoms with van der Waals surface area (Å²) in [4.78, 5) is 2.95. The summed E-state index contributed by atoms with van der Waals surface area (Å²) in [5.74, 6) is 0. The van der Waals surface area contributed by atoms with E-state index in [1.54, 1.807) is 11.1 Å². The van der Waals surface area contributed by atoms with E-state index in [9.17, 15) is 0 Å². The molecule has 3 unspecified atom stereocenters. The molecule has 2 aliphatic heterocycles. The molecular formula is C19H28N2. The van der Waals surface area contributed by atoms with Crippen LogP contribution in [0.3, 0.4) is 0 Å². The highest BCUT2D eigenvalue weighted by Gasteiger charge is 2.41. The van der Waals surface area contributed by atoms with Gasteiger partial charge in [-0.25, -0.2) is 0 Å². The summed E-state index contributed by atoms with van der Waals surface area (Å²) in [5.41, 5.74) is 3.21. The van der Waals surface area contributed by atoms with Gasteiger partial charge >= 0.3 is 0 Å². The second-order valence-corrected chi connectivity index (χ2v) is 7.31. The van der Waals surface area contributed by atoms with Gasteiger partial charge < -0.3 is 5.32 Å². The van der Waals surface area contributed by atoms with Gasteiger partial charge in [0, 0.05) is 24.2 Å². The normalized spacial score (nSPS) is 36.2. The van der Waals surface area contributed by atoms with Crippen LogP contribution in [0.1, 0.15) is 49.7 Å². The van der Waals surface area contributed by atoms with E-state index in [-0.39, 0.29) is 0 Å². The van der Waals surface area contributed by atoms with Crippen molar-refractivity contribution in [3.63, 3.8) is 0 Å². The van der Waals surface area contributed by atoms with E-state index in [0.717, 1.165) is 24.2 Å². The maximum absolute atomic E-state index is 3.54. The van der Waals surface area contributed by atoms with Crippen LogP contribution >= 0.6 is 0 Å². The number of benzene rings is 1. The summed E-state index contributed by atoms with van der Waals surface area (Å²) in [7, 11) is 2.15. The summed E-state index contributed by atoms with van der Waals surface area (Å²) in [6.07, 6.45) is 11.0. The fourth-order valence-corrected chi connectivity index (χ4v) is 5.18. The molecule has 2 nitrogen and oxygen atoms in total. The van der Waals surface area contributed by atoms with Gasteiger partial charge in [0.2, 0.25) is 0 Å². The molecule has 114 valence electrons. The first kappa shape index (κ1) is 13.8. The third-order valence-electron chi connectivity index (χ3n) is 6.18. The van der Waals surface area contributed by atoms with Gasteiger partial charge in [0.25, 0.3) is 0 Å². The summed E-state index contributed by atoms with van der Waals surface area (Å²) in [6.45, 7) is 0. The summed E-state index contributed by atoms with van der Waals surface area (Å²) in [6, 6.07) is 12.3. The van der Waals surface area contributed by atoms with Gasteiger partial charge in [-0.05, 0) is 63.1 Å². The minimum absolute atomic E-state index is 0.757. The van der Waals surface area contributed by atoms with Crippen LogP contribution in [0.4, 0.5) is 0 Å². The number of aryl methyl sites for hydroxylation is 1. The van der Waals surface area contributed by atoms with Gasteiger partial charge in [0.05, 0.1) is 0 Å². The predicted molar refractivity (Wildman–Crippen MR) is 87.6 cm³/mol. The molecule has 21 heavy (non-hydrogen) atoms. The SMILES string of the molecule is CNC1CC2CCCC(C1)N2C1CCc2ccccc2C1. The largest absolute Gasteiger partial charge is 0.317 e. The van der Waals surface area contributed by atoms with Gasteiger partial charge in [0.1, 0.15) is 0 Å². The summed E-state index contributed by atoms with van der Waals surface area (Å²) < 4.78 is 0. The van der Waals surface area contributed by atoms with Crippen molar-refractivity contribution in [3.8, 4) is 0 Å². The van der Waals surface area contributed by atoms with E-state index in [0.29, 0.717) is 0 Å². The van der Waals surface area contributed by atoms with E-state index in [2.05, 4.69) is 41.5 Å². The lowest BCUT2D eigenvalue weighted by Gasteiger charge is -2.53. The van der Waals surface area contributed by atoms with Crippen LogP contribution in [-0.4, -0.2) is 36.1 Å². The quantitative estimate of drug-likeness (QED) is 0.897. The Bertz CT molecular complexity index is 484. The number of rotatable bonds is 2. The molecular weight excluding hydrogens is 256 g/mol. The molecule has 3 atom stereocenters. The van der Waals surface area contributed by atoms with Gasteiger partial charge in [-0.15, -0.1) is 0 Å². The van der Waals surface area contributed by atoms with Gasteiger partial charge in [-0.3, -0.25) is 4.90 Å². The highest BCUT2D eigenvalue weighted by atomic mass is 15.2. The van der Waals surface area contributed by atoms with Crippen LogP contribution < -0.4 is 5.32 Å². The predicted octanol–water partition coefficient (Wildman–Crippen LogP) is 3.15. The Kier molecular flexibility index (Phi) is 3.76. The second kappa shape index (κ2) is 5.73. The lowest BCUT2D eigenvalue weighted by Crippen LogP contribution is -2.60. The van der Waals surface area contributed by atoms with E-state index in [4.69, 9.17) is 0 Å². The van der Waals surface area contributed by atoms with Crippen LogP contribution in [0, 0.1) is 0 Å². The van der Waals surface area contributed by atoms with Crippen molar-refractivity contribution in [2.75, 3.05) is 7.05 Å². The molecule has 1 N–H and O–H groups in total. The van der Waals surface area contributed by atoms with E-state index < -0.39 is 0 Å². The molecule has 0 aromatic heterocycles.